The van der Waals surface area contributed by atoms with E-state index in [2.05, 4.69) is 32.9 Å². The number of carbonyl (C=O) groups excluding carboxylic acids is 1. The smallest absolute Gasteiger partial charge is 0.329 e. The van der Waals surface area contributed by atoms with Crippen LogP contribution in [0.3, 0.4) is 0 Å². The highest BCUT2D eigenvalue weighted by atomic mass is 16.7. The quantitative estimate of drug-likeness (QED) is 0.804. The maximum atomic E-state index is 11.8. The molecular formula is C15H21NO2. The average Bonchev–Trinajstić information content (AvgIpc) is 2.55. The van der Waals surface area contributed by atoms with Gasteiger partial charge in [0.2, 0.25) is 0 Å². The maximum Gasteiger partial charge on any atom is 0.329 e. The maximum absolute atomic E-state index is 11.8. The summed E-state index contributed by atoms with van der Waals surface area (Å²) in [6.45, 7) is 9.04. The fourth-order valence-corrected chi connectivity index (χ4v) is 2.71. The number of hydrogen-bond acceptors (Lipinski definition) is 3. The van der Waals surface area contributed by atoms with Crippen LogP contribution < -0.4 is 0 Å². The monoisotopic (exact) mass is 247 g/mol. The lowest BCUT2D eigenvalue weighted by atomic mass is 9.80. The fraction of sp³-hybridized carbons (Fsp3) is 0.533. The third-order valence-electron chi connectivity index (χ3n) is 3.43. The Bertz CT molecular complexity index is 422. The molecular weight excluding hydrogens is 226 g/mol. The molecule has 2 atom stereocenters. The molecule has 0 spiro atoms. The molecule has 3 nitrogen and oxygen atoms in total. The number of hydrogen-bond donors (Lipinski definition) is 0. The van der Waals surface area contributed by atoms with E-state index in [0.29, 0.717) is 6.54 Å². The van der Waals surface area contributed by atoms with E-state index < -0.39 is 0 Å². The van der Waals surface area contributed by atoms with E-state index >= 15 is 0 Å². The Morgan fingerprint density at radius 2 is 1.83 bits per heavy atom. The predicted molar refractivity (Wildman–Crippen MR) is 70.5 cm³/mol. The zero-order valence-electron chi connectivity index (χ0n) is 11.5. The van der Waals surface area contributed by atoms with E-state index in [0.717, 1.165) is 5.56 Å². The third-order valence-corrected chi connectivity index (χ3v) is 3.43. The Hall–Kier alpha value is -1.35. The van der Waals surface area contributed by atoms with E-state index in [1.165, 1.54) is 0 Å². The minimum absolute atomic E-state index is 0.0142. The van der Waals surface area contributed by atoms with Crippen LogP contribution in [0.1, 0.15) is 33.3 Å². The van der Waals surface area contributed by atoms with Gasteiger partial charge >= 0.3 is 5.97 Å². The summed E-state index contributed by atoms with van der Waals surface area (Å²) in [5.41, 5.74) is 1.18. The average molecular weight is 247 g/mol. The highest BCUT2D eigenvalue weighted by molar-refractivity contribution is 5.74. The van der Waals surface area contributed by atoms with Crippen LogP contribution in [0.5, 0.6) is 0 Å². The molecule has 0 amide bonds. The van der Waals surface area contributed by atoms with Gasteiger partial charge in [-0.3, -0.25) is 0 Å². The molecule has 0 aliphatic carbocycles. The van der Waals surface area contributed by atoms with E-state index in [-0.39, 0.29) is 23.3 Å². The molecule has 98 valence electrons. The standard InChI is InChI=1S/C15H21NO2/c1-11-13(15(2,3)4)16(18-14(11)17)10-12-8-6-5-7-9-12/h5-9,11,13H,10H2,1-4H3/t11-,13-/m0/s1. The summed E-state index contributed by atoms with van der Waals surface area (Å²) in [5.74, 6) is -0.195. The Labute approximate surface area is 109 Å². The highest BCUT2D eigenvalue weighted by Crippen LogP contribution is 2.36. The minimum atomic E-state index is -0.120. The summed E-state index contributed by atoms with van der Waals surface area (Å²) >= 11 is 0. The van der Waals surface area contributed by atoms with Crippen molar-refractivity contribution in [1.29, 1.82) is 0 Å². The number of rotatable bonds is 2. The van der Waals surface area contributed by atoms with Crippen LogP contribution in [0.25, 0.3) is 0 Å². The van der Waals surface area contributed by atoms with Gasteiger partial charge in [0.05, 0.1) is 18.5 Å². The predicted octanol–water partition coefficient (Wildman–Crippen LogP) is 3.01. The first kappa shape index (κ1) is 13.1. The molecule has 2 rings (SSSR count). The van der Waals surface area contributed by atoms with Crippen molar-refractivity contribution in [3.05, 3.63) is 35.9 Å². The van der Waals surface area contributed by atoms with Gasteiger partial charge in [0.15, 0.2) is 0 Å². The van der Waals surface area contributed by atoms with Crippen molar-refractivity contribution in [2.24, 2.45) is 11.3 Å². The van der Waals surface area contributed by atoms with Crippen molar-refractivity contribution in [1.82, 2.24) is 5.06 Å². The molecule has 0 bridgehead atoms. The van der Waals surface area contributed by atoms with Crippen molar-refractivity contribution in [3.63, 3.8) is 0 Å². The molecule has 0 saturated carbocycles. The first-order chi connectivity index (χ1) is 8.39. The normalized spacial score (nSPS) is 25.2. The lowest BCUT2D eigenvalue weighted by Gasteiger charge is -2.33. The Balaban J connectivity index is 2.19. The van der Waals surface area contributed by atoms with Crippen LogP contribution in [0.15, 0.2) is 30.3 Å². The van der Waals surface area contributed by atoms with Gasteiger partial charge in [0, 0.05) is 0 Å². The number of nitrogens with zero attached hydrogens (tertiary/aromatic N) is 1. The largest absolute Gasteiger partial charge is 0.367 e. The summed E-state index contributed by atoms with van der Waals surface area (Å²) in [4.78, 5) is 17.2. The molecule has 1 aliphatic heterocycles. The van der Waals surface area contributed by atoms with Crippen LogP contribution in [-0.2, 0) is 16.2 Å². The van der Waals surface area contributed by atoms with Crippen molar-refractivity contribution in [2.45, 2.75) is 40.3 Å². The SMILES string of the molecule is C[C@@H]1C(=O)ON(Cc2ccccc2)[C@@H]1C(C)(C)C. The van der Waals surface area contributed by atoms with Crippen molar-refractivity contribution in [2.75, 3.05) is 0 Å². The number of benzene rings is 1. The van der Waals surface area contributed by atoms with Gasteiger partial charge in [0.1, 0.15) is 0 Å². The van der Waals surface area contributed by atoms with Crippen LogP contribution in [0.4, 0.5) is 0 Å². The first-order valence-corrected chi connectivity index (χ1v) is 6.42. The molecule has 0 aromatic heterocycles. The summed E-state index contributed by atoms with van der Waals surface area (Å²) in [6.07, 6.45) is 0. The fourth-order valence-electron chi connectivity index (χ4n) is 2.71. The Morgan fingerprint density at radius 1 is 1.22 bits per heavy atom. The summed E-state index contributed by atoms with van der Waals surface area (Å²) in [5, 5.41) is 1.84. The van der Waals surface area contributed by atoms with E-state index in [1.807, 2.05) is 30.2 Å². The third kappa shape index (κ3) is 2.56. The Kier molecular flexibility index (Phi) is 3.44. The summed E-state index contributed by atoms with van der Waals surface area (Å²) < 4.78 is 0. The van der Waals surface area contributed by atoms with Crippen molar-refractivity contribution >= 4 is 5.97 Å². The van der Waals surface area contributed by atoms with Crippen LogP contribution in [0.2, 0.25) is 0 Å². The Morgan fingerprint density at radius 3 is 2.39 bits per heavy atom. The van der Waals surface area contributed by atoms with Gasteiger partial charge in [0.25, 0.3) is 0 Å². The second-order valence-corrected chi connectivity index (χ2v) is 6.07. The number of hydroxylamine groups is 2. The second kappa shape index (κ2) is 4.73. The van der Waals surface area contributed by atoms with Crippen LogP contribution in [0, 0.1) is 11.3 Å². The number of carbonyl (C=O) groups is 1. The van der Waals surface area contributed by atoms with Gasteiger partial charge in [-0.2, -0.15) is 0 Å². The van der Waals surface area contributed by atoms with E-state index in [9.17, 15) is 4.79 Å². The van der Waals surface area contributed by atoms with E-state index in [4.69, 9.17) is 4.84 Å². The molecule has 1 saturated heterocycles. The zero-order chi connectivity index (χ0) is 13.3. The zero-order valence-corrected chi connectivity index (χ0v) is 11.5. The topological polar surface area (TPSA) is 29.5 Å². The van der Waals surface area contributed by atoms with Gasteiger partial charge in [-0.15, -0.1) is 5.06 Å². The van der Waals surface area contributed by atoms with Gasteiger partial charge in [-0.1, -0.05) is 58.0 Å². The van der Waals surface area contributed by atoms with Gasteiger partial charge in [-0.25, -0.2) is 4.79 Å². The van der Waals surface area contributed by atoms with Crippen molar-refractivity contribution < 1.29 is 9.63 Å². The van der Waals surface area contributed by atoms with Gasteiger partial charge in [-0.05, 0) is 11.0 Å². The van der Waals surface area contributed by atoms with Crippen LogP contribution in [-0.4, -0.2) is 17.1 Å². The van der Waals surface area contributed by atoms with E-state index in [1.54, 1.807) is 0 Å². The summed E-state index contributed by atoms with van der Waals surface area (Å²) in [6, 6.07) is 10.2. The lowest BCUT2D eigenvalue weighted by molar-refractivity contribution is -0.183. The first-order valence-electron chi connectivity index (χ1n) is 6.42. The highest BCUT2D eigenvalue weighted by Gasteiger charge is 2.46. The molecule has 1 fully saturated rings. The minimum Gasteiger partial charge on any atom is -0.367 e. The molecule has 1 aromatic carbocycles. The molecule has 1 aromatic rings. The molecule has 0 unspecified atom stereocenters. The molecule has 0 N–H and O–H groups in total. The second-order valence-electron chi connectivity index (χ2n) is 6.07. The lowest BCUT2D eigenvalue weighted by Crippen LogP contribution is -2.41. The molecule has 18 heavy (non-hydrogen) atoms. The van der Waals surface area contributed by atoms with Crippen molar-refractivity contribution in [3.8, 4) is 0 Å². The van der Waals surface area contributed by atoms with Crippen LogP contribution >= 0.6 is 0 Å². The molecule has 1 heterocycles. The summed E-state index contributed by atoms with van der Waals surface area (Å²) in [7, 11) is 0. The molecule has 0 radical (unpaired) electrons. The van der Waals surface area contributed by atoms with Gasteiger partial charge < -0.3 is 4.84 Å². The molecule has 3 heteroatoms. The molecule has 1 aliphatic rings.